The van der Waals surface area contributed by atoms with E-state index in [1.807, 2.05) is 28.8 Å². The molecule has 5 rings (SSSR count). The van der Waals surface area contributed by atoms with E-state index in [1.54, 1.807) is 11.3 Å². The molecule has 1 N–H and O–H groups in total. The van der Waals surface area contributed by atoms with Crippen LogP contribution in [0.1, 0.15) is 49.0 Å². The van der Waals surface area contributed by atoms with E-state index < -0.39 is 0 Å². The number of fused-ring (bicyclic) bond motifs is 1. The average Bonchev–Trinajstić information content (AvgIpc) is 3.47. The monoisotopic (exact) mass is 584 g/mol. The maximum atomic E-state index is 13.1. The van der Waals surface area contributed by atoms with Crippen molar-refractivity contribution >= 4 is 45.6 Å². The first kappa shape index (κ1) is 28.1. The van der Waals surface area contributed by atoms with Gasteiger partial charge in [0.2, 0.25) is 5.91 Å². The molecule has 206 valence electrons. The number of nitrogens with zero attached hydrogens (tertiary/aromatic N) is 5. The van der Waals surface area contributed by atoms with E-state index in [1.165, 1.54) is 16.6 Å². The van der Waals surface area contributed by atoms with Crippen LogP contribution in [0.5, 0.6) is 0 Å². The summed E-state index contributed by atoms with van der Waals surface area (Å²) in [5, 5.41) is 23.8. The summed E-state index contributed by atoms with van der Waals surface area (Å²) in [4.78, 5) is 16.6. The van der Waals surface area contributed by atoms with Crippen molar-refractivity contribution < 1.29 is 9.53 Å². The van der Waals surface area contributed by atoms with Crippen LogP contribution < -0.4 is 5.32 Å². The van der Waals surface area contributed by atoms with Gasteiger partial charge in [0, 0.05) is 28.7 Å². The minimum absolute atomic E-state index is 0.154. The molecule has 39 heavy (non-hydrogen) atoms. The first-order chi connectivity index (χ1) is 18.7. The maximum Gasteiger partial charge on any atom is 0.235 e. The molecule has 2 aromatic heterocycles. The average molecular weight is 585 g/mol. The Morgan fingerprint density at radius 2 is 2.00 bits per heavy atom. The van der Waals surface area contributed by atoms with Gasteiger partial charge >= 0.3 is 0 Å². The second kappa shape index (κ2) is 12.0. The smallest absolute Gasteiger partial charge is 0.235 e. The van der Waals surface area contributed by atoms with Crippen LogP contribution in [0.3, 0.4) is 0 Å². The number of aromatic nitrogens is 3. The molecule has 1 saturated heterocycles. The van der Waals surface area contributed by atoms with Crippen LogP contribution in [-0.2, 0) is 28.9 Å². The molecule has 1 aromatic carbocycles. The second-order valence-electron chi connectivity index (χ2n) is 11.1. The molecule has 2 aliphatic rings. The zero-order chi connectivity index (χ0) is 27.6. The highest BCUT2D eigenvalue weighted by Gasteiger charge is 2.32. The van der Waals surface area contributed by atoms with Gasteiger partial charge in [-0.2, -0.15) is 5.26 Å². The summed E-state index contributed by atoms with van der Waals surface area (Å²) in [5.41, 5.74) is 2.84. The molecule has 11 heteroatoms. The number of carbonyl (C=O) groups is 1. The van der Waals surface area contributed by atoms with E-state index in [4.69, 9.17) is 16.3 Å². The molecule has 1 amide bonds. The third-order valence-corrected chi connectivity index (χ3v) is 9.79. The molecule has 3 aromatic rings. The molecule has 0 saturated carbocycles. The van der Waals surface area contributed by atoms with Gasteiger partial charge in [0.25, 0.3) is 0 Å². The van der Waals surface area contributed by atoms with E-state index in [2.05, 4.69) is 47.3 Å². The minimum atomic E-state index is -0.164. The number of morpholine rings is 1. The number of nitriles is 1. The van der Waals surface area contributed by atoms with Crippen LogP contribution >= 0.6 is 34.7 Å². The Bertz CT molecular complexity index is 1370. The highest BCUT2D eigenvalue weighted by molar-refractivity contribution is 7.99. The van der Waals surface area contributed by atoms with Crippen molar-refractivity contribution in [2.24, 2.45) is 11.3 Å². The second-order valence-corrected chi connectivity index (χ2v) is 13.5. The van der Waals surface area contributed by atoms with Crippen LogP contribution in [-0.4, -0.2) is 57.6 Å². The lowest BCUT2D eigenvalue weighted by molar-refractivity contribution is -0.113. The summed E-state index contributed by atoms with van der Waals surface area (Å²) in [5.74, 6) is 1.36. The Labute approximate surface area is 242 Å². The molecule has 1 aliphatic carbocycles. The third kappa shape index (κ3) is 6.50. The Morgan fingerprint density at radius 1 is 1.26 bits per heavy atom. The summed E-state index contributed by atoms with van der Waals surface area (Å²) >= 11 is 9.03. The third-order valence-electron chi connectivity index (χ3n) is 7.44. The first-order valence-corrected chi connectivity index (χ1v) is 15.4. The van der Waals surface area contributed by atoms with E-state index in [-0.39, 0.29) is 17.1 Å². The van der Waals surface area contributed by atoms with Crippen LogP contribution in [0.4, 0.5) is 5.00 Å². The van der Waals surface area contributed by atoms with Crippen LogP contribution in [0, 0.1) is 22.7 Å². The number of rotatable bonds is 7. The van der Waals surface area contributed by atoms with Crippen molar-refractivity contribution in [3.63, 3.8) is 0 Å². The molecule has 1 aliphatic heterocycles. The molecule has 8 nitrogen and oxygen atoms in total. The summed E-state index contributed by atoms with van der Waals surface area (Å²) < 4.78 is 7.47. The number of hydrogen-bond donors (Lipinski definition) is 1. The minimum Gasteiger partial charge on any atom is -0.379 e. The predicted molar refractivity (Wildman–Crippen MR) is 156 cm³/mol. The normalized spacial score (nSPS) is 18.0. The molecular formula is C28H33ClN6O2S2. The number of thioether (sulfide) groups is 1. The Balaban J connectivity index is 1.31. The summed E-state index contributed by atoms with van der Waals surface area (Å²) in [7, 11) is 0. The van der Waals surface area contributed by atoms with Crippen molar-refractivity contribution in [1.82, 2.24) is 19.7 Å². The van der Waals surface area contributed by atoms with Gasteiger partial charge in [-0.15, -0.1) is 21.5 Å². The topological polar surface area (TPSA) is 96.1 Å². The number of hydrogen-bond acceptors (Lipinski definition) is 8. The number of halogens is 1. The van der Waals surface area contributed by atoms with Gasteiger partial charge in [0.05, 0.1) is 31.1 Å². The quantitative estimate of drug-likeness (QED) is 0.363. The highest BCUT2D eigenvalue weighted by Crippen LogP contribution is 2.44. The number of carbonyl (C=O) groups excluding carboxylic acids is 1. The lowest BCUT2D eigenvalue weighted by atomic mass is 9.72. The maximum absolute atomic E-state index is 13.1. The fraction of sp³-hybridized carbons (Fsp3) is 0.500. The van der Waals surface area contributed by atoms with Crippen LogP contribution in [0.15, 0.2) is 29.4 Å². The lowest BCUT2D eigenvalue weighted by Gasteiger charge is -2.33. The molecule has 0 spiro atoms. The number of amides is 1. The lowest BCUT2D eigenvalue weighted by Crippen LogP contribution is -2.36. The van der Waals surface area contributed by atoms with Gasteiger partial charge in [0.15, 0.2) is 11.0 Å². The largest absolute Gasteiger partial charge is 0.379 e. The van der Waals surface area contributed by atoms with Gasteiger partial charge in [-0.05, 0) is 60.4 Å². The van der Waals surface area contributed by atoms with E-state index in [0.717, 1.165) is 49.4 Å². The van der Waals surface area contributed by atoms with Crippen LogP contribution in [0.25, 0.3) is 5.69 Å². The van der Waals surface area contributed by atoms with E-state index >= 15 is 0 Å². The number of nitrogens with one attached hydrogen (secondary N) is 1. The van der Waals surface area contributed by atoms with Crippen molar-refractivity contribution in [3.05, 3.63) is 51.1 Å². The molecule has 3 heterocycles. The number of benzene rings is 1. The standard InChI is InChI=1S/C28H33ClN6O2S2/c1-28(2,3)18-4-9-21-22(15-30)26(39-23(21)14-18)31-25(36)17-38-27-33-32-24(16-34-10-12-37-13-11-34)35(27)20-7-5-19(29)6-8-20/h5-8,18H,4,9-14,16-17H2,1-3H3,(H,31,36)/t18-/m0/s1. The first-order valence-electron chi connectivity index (χ1n) is 13.2. The highest BCUT2D eigenvalue weighted by atomic mass is 35.5. The Morgan fingerprint density at radius 3 is 2.69 bits per heavy atom. The Kier molecular flexibility index (Phi) is 8.64. The number of ether oxygens (including phenoxy) is 1. The van der Waals surface area contributed by atoms with Gasteiger partial charge in [-0.25, -0.2) is 0 Å². The molecule has 0 unspecified atom stereocenters. The van der Waals surface area contributed by atoms with Gasteiger partial charge < -0.3 is 10.1 Å². The summed E-state index contributed by atoms with van der Waals surface area (Å²) in [6, 6.07) is 9.88. The molecule has 1 atom stereocenters. The van der Waals surface area contributed by atoms with Crippen molar-refractivity contribution in [3.8, 4) is 11.8 Å². The zero-order valence-corrected chi connectivity index (χ0v) is 24.9. The van der Waals surface area contributed by atoms with Crippen molar-refractivity contribution in [2.45, 2.75) is 51.7 Å². The zero-order valence-electron chi connectivity index (χ0n) is 22.5. The fourth-order valence-electron chi connectivity index (χ4n) is 5.13. The fourth-order valence-corrected chi connectivity index (χ4v) is 7.32. The van der Waals surface area contributed by atoms with Gasteiger partial charge in [-0.3, -0.25) is 14.3 Å². The van der Waals surface area contributed by atoms with Gasteiger partial charge in [-0.1, -0.05) is 44.1 Å². The van der Waals surface area contributed by atoms with Crippen molar-refractivity contribution in [2.75, 3.05) is 37.4 Å². The van der Waals surface area contributed by atoms with Crippen LogP contribution in [0.2, 0.25) is 5.02 Å². The predicted octanol–water partition coefficient (Wildman–Crippen LogP) is 5.57. The van der Waals surface area contributed by atoms with E-state index in [0.29, 0.717) is 46.4 Å². The number of anilines is 1. The van der Waals surface area contributed by atoms with Crippen molar-refractivity contribution in [1.29, 1.82) is 5.26 Å². The molecular weight excluding hydrogens is 552 g/mol. The molecule has 1 fully saturated rings. The number of thiophene rings is 1. The summed E-state index contributed by atoms with van der Waals surface area (Å²) in [6.45, 7) is 10.5. The molecule has 0 radical (unpaired) electrons. The summed E-state index contributed by atoms with van der Waals surface area (Å²) in [6.07, 6.45) is 2.91. The SMILES string of the molecule is CC(C)(C)[C@H]1CCc2c(sc(NC(=O)CSc3nnc(CN4CCOCC4)n3-c3ccc(Cl)cc3)c2C#N)C1. The molecule has 0 bridgehead atoms. The van der Waals surface area contributed by atoms with Gasteiger partial charge in [0.1, 0.15) is 11.1 Å². The Hall–Kier alpha value is -2.42. The van der Waals surface area contributed by atoms with E-state index in [9.17, 15) is 10.1 Å².